The van der Waals surface area contributed by atoms with Crippen molar-refractivity contribution in [3.8, 4) is 0 Å². The fraction of sp³-hybridized carbons (Fsp3) is 0.737. The number of esters is 1. The maximum atomic E-state index is 12.6. The van der Waals surface area contributed by atoms with Crippen LogP contribution in [-0.2, 0) is 19.1 Å². The van der Waals surface area contributed by atoms with Crippen molar-refractivity contribution in [1.29, 1.82) is 0 Å². The maximum Gasteiger partial charge on any atom is 0.328 e. The molecule has 2 amide bonds. The highest BCUT2D eigenvalue weighted by atomic mass is 16.5. The van der Waals surface area contributed by atoms with E-state index in [-0.39, 0.29) is 25.0 Å². The molecule has 7 nitrogen and oxygen atoms in total. The summed E-state index contributed by atoms with van der Waals surface area (Å²) >= 11 is 0. The summed E-state index contributed by atoms with van der Waals surface area (Å²) in [7, 11) is 0. The van der Waals surface area contributed by atoms with Gasteiger partial charge < -0.3 is 20.7 Å². The van der Waals surface area contributed by atoms with E-state index >= 15 is 0 Å². The standard InChI is InChI=1S/C19H33N3O4/c1-3-5-6-7-8-9-11-15(19(25)26-4-2)21-18(24)16-12-10-13-22(16)17(23)14-20/h8-9,15-16H,3-7,10-14,20H2,1-2H3,(H,21,24)/b9-8-. The van der Waals surface area contributed by atoms with Crippen LogP contribution in [0.5, 0.6) is 0 Å². The number of nitrogens with two attached hydrogens (primary N) is 1. The Kier molecular flexibility index (Phi) is 10.6. The number of rotatable bonds is 11. The molecular weight excluding hydrogens is 334 g/mol. The van der Waals surface area contributed by atoms with Crippen molar-refractivity contribution < 1.29 is 19.1 Å². The van der Waals surface area contributed by atoms with Crippen LogP contribution >= 0.6 is 0 Å². The molecule has 2 atom stereocenters. The van der Waals surface area contributed by atoms with Gasteiger partial charge in [0.05, 0.1) is 13.2 Å². The molecule has 0 aliphatic carbocycles. The first-order valence-corrected chi connectivity index (χ1v) is 9.66. The third-order valence-corrected chi connectivity index (χ3v) is 4.45. The van der Waals surface area contributed by atoms with E-state index < -0.39 is 18.1 Å². The zero-order valence-electron chi connectivity index (χ0n) is 16.0. The number of amides is 2. The predicted molar refractivity (Wildman–Crippen MR) is 100 cm³/mol. The van der Waals surface area contributed by atoms with Crippen LogP contribution in [0.25, 0.3) is 0 Å². The monoisotopic (exact) mass is 367 g/mol. The van der Waals surface area contributed by atoms with Gasteiger partial charge in [-0.05, 0) is 39.0 Å². The van der Waals surface area contributed by atoms with Gasteiger partial charge in [-0.3, -0.25) is 9.59 Å². The second-order valence-electron chi connectivity index (χ2n) is 6.47. The lowest BCUT2D eigenvalue weighted by Crippen LogP contribution is -2.52. The second kappa shape index (κ2) is 12.5. The highest BCUT2D eigenvalue weighted by Gasteiger charge is 2.35. The van der Waals surface area contributed by atoms with Gasteiger partial charge in [0.25, 0.3) is 0 Å². The first-order chi connectivity index (χ1) is 12.5. The third kappa shape index (κ3) is 7.15. The smallest absolute Gasteiger partial charge is 0.328 e. The average molecular weight is 367 g/mol. The summed E-state index contributed by atoms with van der Waals surface area (Å²) < 4.78 is 5.07. The van der Waals surface area contributed by atoms with E-state index in [9.17, 15) is 14.4 Å². The summed E-state index contributed by atoms with van der Waals surface area (Å²) in [5.41, 5.74) is 5.41. The van der Waals surface area contributed by atoms with Crippen LogP contribution in [0.1, 0.15) is 58.8 Å². The lowest BCUT2D eigenvalue weighted by molar-refractivity contribution is -0.148. The maximum absolute atomic E-state index is 12.6. The molecule has 148 valence electrons. The van der Waals surface area contributed by atoms with Crippen LogP contribution in [0.4, 0.5) is 0 Å². The second-order valence-corrected chi connectivity index (χ2v) is 6.47. The van der Waals surface area contributed by atoms with Gasteiger partial charge in [-0.25, -0.2) is 4.79 Å². The highest BCUT2D eigenvalue weighted by Crippen LogP contribution is 2.17. The molecule has 1 aliphatic heterocycles. The van der Waals surface area contributed by atoms with Crippen molar-refractivity contribution >= 4 is 17.8 Å². The van der Waals surface area contributed by atoms with Gasteiger partial charge in [0.1, 0.15) is 12.1 Å². The molecule has 1 heterocycles. The number of nitrogens with one attached hydrogen (secondary N) is 1. The number of unbranched alkanes of at least 4 members (excludes halogenated alkanes) is 3. The molecule has 1 fully saturated rings. The molecule has 0 aromatic rings. The van der Waals surface area contributed by atoms with Crippen LogP contribution < -0.4 is 11.1 Å². The Labute approximate surface area is 156 Å². The largest absolute Gasteiger partial charge is 0.464 e. The molecule has 1 rings (SSSR count). The van der Waals surface area contributed by atoms with E-state index in [1.807, 2.05) is 12.2 Å². The van der Waals surface area contributed by atoms with Gasteiger partial charge in [0, 0.05) is 6.54 Å². The first kappa shape index (κ1) is 22.2. The molecule has 3 N–H and O–H groups in total. The number of carbonyl (C=O) groups is 3. The van der Waals surface area contributed by atoms with Gasteiger partial charge in [0.2, 0.25) is 11.8 Å². The van der Waals surface area contributed by atoms with Crippen LogP contribution in [0.3, 0.4) is 0 Å². The normalized spacial score (nSPS) is 18.1. The predicted octanol–water partition coefficient (Wildman–Crippen LogP) is 1.51. The minimum absolute atomic E-state index is 0.119. The van der Waals surface area contributed by atoms with Crippen molar-refractivity contribution in [2.45, 2.75) is 70.9 Å². The van der Waals surface area contributed by atoms with E-state index in [0.717, 1.165) is 25.7 Å². The number of allylic oxidation sites excluding steroid dienone is 1. The Hall–Kier alpha value is -1.89. The van der Waals surface area contributed by atoms with Gasteiger partial charge in [-0.15, -0.1) is 0 Å². The Morgan fingerprint density at radius 1 is 1.27 bits per heavy atom. The van der Waals surface area contributed by atoms with E-state index in [4.69, 9.17) is 10.5 Å². The molecular formula is C19H33N3O4. The molecule has 2 unspecified atom stereocenters. The zero-order chi connectivity index (χ0) is 19.4. The van der Waals surface area contributed by atoms with Crippen molar-refractivity contribution in [2.24, 2.45) is 5.73 Å². The molecule has 0 saturated carbocycles. The van der Waals surface area contributed by atoms with Gasteiger partial charge in [-0.2, -0.15) is 0 Å². The lowest BCUT2D eigenvalue weighted by Gasteiger charge is -2.25. The fourth-order valence-electron chi connectivity index (χ4n) is 3.04. The molecule has 0 aromatic carbocycles. The summed E-state index contributed by atoms with van der Waals surface area (Å²) in [5, 5.41) is 2.76. The van der Waals surface area contributed by atoms with Gasteiger partial charge >= 0.3 is 5.97 Å². The topological polar surface area (TPSA) is 102 Å². The van der Waals surface area contributed by atoms with Crippen molar-refractivity contribution in [3.63, 3.8) is 0 Å². The number of hydrogen-bond acceptors (Lipinski definition) is 5. The Balaban J connectivity index is 2.64. The third-order valence-electron chi connectivity index (χ3n) is 4.45. The van der Waals surface area contributed by atoms with Gasteiger partial charge in [-0.1, -0.05) is 31.9 Å². The van der Waals surface area contributed by atoms with E-state index in [1.165, 1.54) is 11.3 Å². The molecule has 0 bridgehead atoms. The number of hydrogen-bond donors (Lipinski definition) is 2. The SMILES string of the molecule is CCCCC/C=C\CC(NC(=O)C1CCCN1C(=O)CN)C(=O)OCC. The van der Waals surface area contributed by atoms with Gasteiger partial charge in [0.15, 0.2) is 0 Å². The van der Waals surface area contributed by atoms with E-state index in [1.54, 1.807) is 6.92 Å². The Morgan fingerprint density at radius 3 is 2.69 bits per heavy atom. The molecule has 0 radical (unpaired) electrons. The quantitative estimate of drug-likeness (QED) is 0.327. The van der Waals surface area contributed by atoms with Crippen LogP contribution in [0.15, 0.2) is 12.2 Å². The minimum atomic E-state index is -0.736. The lowest BCUT2D eigenvalue weighted by atomic mass is 10.1. The zero-order valence-corrected chi connectivity index (χ0v) is 16.0. The van der Waals surface area contributed by atoms with Crippen molar-refractivity contribution in [1.82, 2.24) is 10.2 Å². The average Bonchev–Trinajstić information content (AvgIpc) is 3.12. The van der Waals surface area contributed by atoms with E-state index in [2.05, 4.69) is 12.2 Å². The van der Waals surface area contributed by atoms with Crippen LogP contribution in [0.2, 0.25) is 0 Å². The number of ether oxygens (including phenoxy) is 1. The summed E-state index contributed by atoms with van der Waals surface area (Å²) in [6, 6.07) is -1.29. The minimum Gasteiger partial charge on any atom is -0.464 e. The van der Waals surface area contributed by atoms with E-state index in [0.29, 0.717) is 19.4 Å². The summed E-state index contributed by atoms with van der Waals surface area (Å²) in [4.78, 5) is 38.1. The molecule has 0 spiro atoms. The molecule has 0 aromatic heterocycles. The number of likely N-dealkylation sites (tertiary alicyclic amines) is 1. The summed E-state index contributed by atoms with van der Waals surface area (Å²) in [6.45, 7) is 4.54. The van der Waals surface area contributed by atoms with Crippen molar-refractivity contribution in [2.75, 3.05) is 19.7 Å². The first-order valence-electron chi connectivity index (χ1n) is 9.66. The summed E-state index contributed by atoms with van der Waals surface area (Å²) in [6.07, 6.45) is 10.1. The number of nitrogens with zero attached hydrogens (tertiary/aromatic N) is 1. The highest BCUT2D eigenvalue weighted by molar-refractivity contribution is 5.91. The molecule has 1 saturated heterocycles. The Morgan fingerprint density at radius 2 is 2.04 bits per heavy atom. The van der Waals surface area contributed by atoms with Crippen molar-refractivity contribution in [3.05, 3.63) is 12.2 Å². The van der Waals surface area contributed by atoms with Crippen LogP contribution in [0, 0.1) is 0 Å². The Bertz CT molecular complexity index is 493. The van der Waals surface area contributed by atoms with Crippen LogP contribution in [-0.4, -0.2) is 54.5 Å². The summed E-state index contributed by atoms with van der Waals surface area (Å²) in [5.74, 6) is -1.01. The molecule has 1 aliphatic rings. The fourth-order valence-corrected chi connectivity index (χ4v) is 3.04. The molecule has 26 heavy (non-hydrogen) atoms. The number of carbonyl (C=O) groups excluding carboxylic acids is 3. The molecule has 7 heteroatoms.